The highest BCUT2D eigenvalue weighted by molar-refractivity contribution is 6.33. The monoisotopic (exact) mass is 354 g/mol. The number of anilines is 2. The lowest BCUT2D eigenvalue weighted by Crippen LogP contribution is -2.48. The van der Waals surface area contributed by atoms with Crippen LogP contribution in [0.5, 0.6) is 0 Å². The van der Waals surface area contributed by atoms with Crippen molar-refractivity contribution in [3.63, 3.8) is 0 Å². The zero-order chi connectivity index (χ0) is 17.6. The number of hydrogen-bond acceptors (Lipinski definition) is 4. The molecule has 0 bridgehead atoms. The fraction of sp³-hybridized carbons (Fsp3) is 0.263. The molecule has 6 heteroatoms. The summed E-state index contributed by atoms with van der Waals surface area (Å²) in [5.74, 6) is -0.0455. The van der Waals surface area contributed by atoms with Gasteiger partial charge in [0, 0.05) is 31.9 Å². The van der Waals surface area contributed by atoms with Crippen LogP contribution in [0.25, 0.3) is 0 Å². The molecule has 0 spiro atoms. The van der Waals surface area contributed by atoms with E-state index in [0.717, 1.165) is 36.9 Å². The molecule has 0 aliphatic carbocycles. The zero-order valence-corrected chi connectivity index (χ0v) is 14.5. The molecule has 1 heterocycles. The van der Waals surface area contributed by atoms with Crippen molar-refractivity contribution in [1.82, 2.24) is 4.90 Å². The average molecular weight is 355 g/mol. The smallest absolute Gasteiger partial charge is 0.238 e. The molecule has 2 aromatic rings. The van der Waals surface area contributed by atoms with Crippen molar-refractivity contribution in [1.29, 1.82) is 5.26 Å². The van der Waals surface area contributed by atoms with Gasteiger partial charge in [0.15, 0.2) is 0 Å². The fourth-order valence-corrected chi connectivity index (χ4v) is 3.14. The minimum Gasteiger partial charge on any atom is -0.368 e. The van der Waals surface area contributed by atoms with Crippen molar-refractivity contribution < 1.29 is 4.79 Å². The maximum atomic E-state index is 12.2. The summed E-state index contributed by atoms with van der Waals surface area (Å²) in [5.41, 5.74) is 2.33. The molecule has 5 nitrogen and oxygen atoms in total. The van der Waals surface area contributed by atoms with E-state index in [1.165, 1.54) is 0 Å². The molecule has 1 aliphatic heterocycles. The topological polar surface area (TPSA) is 59.4 Å². The van der Waals surface area contributed by atoms with E-state index in [-0.39, 0.29) is 5.91 Å². The molecule has 25 heavy (non-hydrogen) atoms. The normalized spacial score (nSPS) is 14.8. The summed E-state index contributed by atoms with van der Waals surface area (Å²) in [6.07, 6.45) is 0. The lowest BCUT2D eigenvalue weighted by Gasteiger charge is -2.36. The Morgan fingerprint density at radius 3 is 2.40 bits per heavy atom. The van der Waals surface area contributed by atoms with E-state index in [4.69, 9.17) is 16.9 Å². The summed E-state index contributed by atoms with van der Waals surface area (Å²) < 4.78 is 0. The molecule has 1 aliphatic rings. The molecule has 1 N–H and O–H groups in total. The number of nitrogens with one attached hydrogen (secondary N) is 1. The summed E-state index contributed by atoms with van der Waals surface area (Å²) in [6, 6.07) is 16.8. The number of hydrogen-bond donors (Lipinski definition) is 1. The van der Waals surface area contributed by atoms with Gasteiger partial charge in [0.1, 0.15) is 0 Å². The molecule has 0 aromatic heterocycles. The molecule has 1 amide bonds. The van der Waals surface area contributed by atoms with Gasteiger partial charge in [0.25, 0.3) is 0 Å². The zero-order valence-electron chi connectivity index (χ0n) is 13.8. The quantitative estimate of drug-likeness (QED) is 0.917. The van der Waals surface area contributed by atoms with Crippen LogP contribution >= 0.6 is 11.6 Å². The number of nitrogens with zero attached hydrogens (tertiary/aromatic N) is 3. The van der Waals surface area contributed by atoms with E-state index in [9.17, 15) is 4.79 Å². The maximum Gasteiger partial charge on any atom is 0.238 e. The number of carbonyl (C=O) groups is 1. The largest absolute Gasteiger partial charge is 0.368 e. The second kappa shape index (κ2) is 8.02. The van der Waals surface area contributed by atoms with Gasteiger partial charge in [-0.05, 0) is 36.4 Å². The SMILES string of the molecule is N#Cc1ccc(NC(=O)CN2CCN(c3ccccc3Cl)CC2)cc1. The minimum absolute atomic E-state index is 0.0455. The maximum absolute atomic E-state index is 12.2. The highest BCUT2D eigenvalue weighted by atomic mass is 35.5. The predicted octanol–water partition coefficient (Wildman–Crippen LogP) is 2.97. The molecule has 1 fully saturated rings. The van der Waals surface area contributed by atoms with Crippen molar-refractivity contribution in [2.75, 3.05) is 42.9 Å². The predicted molar refractivity (Wildman–Crippen MR) is 99.9 cm³/mol. The van der Waals surface area contributed by atoms with Crippen LogP contribution in [0.15, 0.2) is 48.5 Å². The Balaban J connectivity index is 1.49. The van der Waals surface area contributed by atoms with E-state index in [1.54, 1.807) is 24.3 Å². The molecular formula is C19H19ClN4O. The first-order valence-electron chi connectivity index (χ1n) is 8.17. The van der Waals surface area contributed by atoms with Crippen LogP contribution < -0.4 is 10.2 Å². The highest BCUT2D eigenvalue weighted by Crippen LogP contribution is 2.25. The Bertz CT molecular complexity index is 777. The van der Waals surface area contributed by atoms with E-state index in [2.05, 4.69) is 21.2 Å². The number of nitriles is 1. The summed E-state index contributed by atoms with van der Waals surface area (Å²) in [5, 5.41) is 12.4. The van der Waals surface area contributed by atoms with Crippen molar-refractivity contribution in [3.05, 3.63) is 59.1 Å². The van der Waals surface area contributed by atoms with E-state index in [1.807, 2.05) is 24.3 Å². The number of halogens is 1. The van der Waals surface area contributed by atoms with Crippen LogP contribution in [0.2, 0.25) is 5.02 Å². The van der Waals surface area contributed by atoms with Crippen molar-refractivity contribution in [2.24, 2.45) is 0 Å². The lowest BCUT2D eigenvalue weighted by molar-refractivity contribution is -0.117. The number of amides is 1. The molecule has 0 unspecified atom stereocenters. The van der Waals surface area contributed by atoms with Crippen molar-refractivity contribution in [2.45, 2.75) is 0 Å². The third kappa shape index (κ3) is 4.50. The first-order valence-corrected chi connectivity index (χ1v) is 8.55. The van der Waals surface area contributed by atoms with Gasteiger partial charge in [-0.2, -0.15) is 5.26 Å². The van der Waals surface area contributed by atoms with Gasteiger partial charge < -0.3 is 10.2 Å². The number of rotatable bonds is 4. The average Bonchev–Trinajstić information content (AvgIpc) is 2.63. The third-order valence-electron chi connectivity index (χ3n) is 4.23. The van der Waals surface area contributed by atoms with E-state index >= 15 is 0 Å². The summed E-state index contributed by atoms with van der Waals surface area (Å²) in [7, 11) is 0. The summed E-state index contributed by atoms with van der Waals surface area (Å²) >= 11 is 6.25. The minimum atomic E-state index is -0.0455. The second-order valence-electron chi connectivity index (χ2n) is 5.95. The first-order chi connectivity index (χ1) is 12.2. The van der Waals surface area contributed by atoms with E-state index in [0.29, 0.717) is 17.8 Å². The third-order valence-corrected chi connectivity index (χ3v) is 4.55. The Morgan fingerprint density at radius 1 is 1.08 bits per heavy atom. The number of para-hydroxylation sites is 1. The van der Waals surface area contributed by atoms with Crippen LogP contribution in [0, 0.1) is 11.3 Å². The summed E-state index contributed by atoms with van der Waals surface area (Å²) in [4.78, 5) is 16.6. The highest BCUT2D eigenvalue weighted by Gasteiger charge is 2.20. The van der Waals surface area contributed by atoms with Crippen LogP contribution in [-0.4, -0.2) is 43.5 Å². The van der Waals surface area contributed by atoms with Crippen LogP contribution in [0.3, 0.4) is 0 Å². The Kier molecular flexibility index (Phi) is 5.54. The van der Waals surface area contributed by atoms with Crippen molar-refractivity contribution in [3.8, 4) is 6.07 Å². The Hall–Kier alpha value is -2.55. The standard InChI is InChI=1S/C19H19ClN4O/c20-17-3-1-2-4-18(17)24-11-9-23(10-12-24)14-19(25)22-16-7-5-15(13-21)6-8-16/h1-8H,9-12,14H2,(H,22,25). The molecule has 0 atom stereocenters. The second-order valence-corrected chi connectivity index (χ2v) is 6.36. The van der Waals surface area contributed by atoms with Crippen LogP contribution in [-0.2, 0) is 4.79 Å². The van der Waals surface area contributed by atoms with Gasteiger partial charge in [-0.3, -0.25) is 9.69 Å². The van der Waals surface area contributed by atoms with Crippen LogP contribution in [0.1, 0.15) is 5.56 Å². The molecule has 3 rings (SSSR count). The molecule has 2 aromatic carbocycles. The van der Waals surface area contributed by atoms with Gasteiger partial charge in [-0.25, -0.2) is 0 Å². The fourth-order valence-electron chi connectivity index (χ4n) is 2.89. The van der Waals surface area contributed by atoms with Gasteiger partial charge in [0.2, 0.25) is 5.91 Å². The molecule has 0 saturated carbocycles. The van der Waals surface area contributed by atoms with Gasteiger partial charge in [0.05, 0.1) is 28.9 Å². The molecule has 0 radical (unpaired) electrons. The van der Waals surface area contributed by atoms with Crippen molar-refractivity contribution >= 4 is 28.9 Å². The summed E-state index contributed by atoms with van der Waals surface area (Å²) in [6.45, 7) is 3.66. The Labute approximate surface area is 152 Å². The van der Waals surface area contributed by atoms with Gasteiger partial charge in [-0.1, -0.05) is 23.7 Å². The van der Waals surface area contributed by atoms with E-state index < -0.39 is 0 Å². The lowest BCUT2D eigenvalue weighted by atomic mass is 10.2. The Morgan fingerprint density at radius 2 is 1.76 bits per heavy atom. The van der Waals surface area contributed by atoms with Gasteiger partial charge in [-0.15, -0.1) is 0 Å². The van der Waals surface area contributed by atoms with Crippen LogP contribution in [0.4, 0.5) is 11.4 Å². The number of benzene rings is 2. The number of carbonyl (C=O) groups excluding carboxylic acids is 1. The molecular weight excluding hydrogens is 336 g/mol. The van der Waals surface area contributed by atoms with Gasteiger partial charge >= 0.3 is 0 Å². The molecule has 1 saturated heterocycles. The first kappa shape index (κ1) is 17.3. The molecule has 128 valence electrons. The number of piperazine rings is 1.